The molecule has 1 aromatic carbocycles. The van der Waals surface area contributed by atoms with E-state index in [0.29, 0.717) is 0 Å². The second-order valence-corrected chi connectivity index (χ2v) is 6.44. The van der Waals surface area contributed by atoms with Crippen molar-refractivity contribution in [3.63, 3.8) is 0 Å². The molecule has 3 nitrogen and oxygen atoms in total. The van der Waals surface area contributed by atoms with E-state index in [0.717, 1.165) is 19.3 Å². The lowest BCUT2D eigenvalue weighted by atomic mass is 9.77. The molecule has 1 atom stereocenters. The Morgan fingerprint density at radius 2 is 1.86 bits per heavy atom. The lowest BCUT2D eigenvalue weighted by Crippen LogP contribution is -2.58. The number of halogens is 1. The first-order valence-corrected chi connectivity index (χ1v) is 7.80. The number of hydrogen-bond donors (Lipinski definition) is 2. The lowest BCUT2D eigenvalue weighted by molar-refractivity contribution is -0.129. The molecule has 2 aliphatic carbocycles. The standard InChI is InChI=1S/C17H24N2O.ClH/c1-12(19-16(20)17(18)9-4-10-17)14-8-7-13-5-2-3-6-15(13)11-14;/h7-8,11-12H,2-6,9-10,18H2,1H3,(H,19,20);1H. The summed E-state index contributed by atoms with van der Waals surface area (Å²) in [6, 6.07) is 6.69. The van der Waals surface area contributed by atoms with Crippen molar-refractivity contribution in [3.05, 3.63) is 34.9 Å². The molecule has 0 aromatic heterocycles. The minimum atomic E-state index is -0.609. The Balaban J connectivity index is 0.00000161. The first-order valence-electron chi connectivity index (χ1n) is 7.80. The summed E-state index contributed by atoms with van der Waals surface area (Å²) in [7, 11) is 0. The topological polar surface area (TPSA) is 55.1 Å². The molecule has 4 heteroatoms. The van der Waals surface area contributed by atoms with Crippen LogP contribution in [0.15, 0.2) is 18.2 Å². The van der Waals surface area contributed by atoms with Crippen LogP contribution in [0.25, 0.3) is 0 Å². The SMILES string of the molecule is CC(NC(=O)C1(N)CCC1)c1ccc2c(c1)CCCC2.Cl. The van der Waals surface area contributed by atoms with Crippen molar-refractivity contribution in [2.24, 2.45) is 5.73 Å². The van der Waals surface area contributed by atoms with Crippen LogP contribution in [0.2, 0.25) is 0 Å². The van der Waals surface area contributed by atoms with E-state index in [2.05, 4.69) is 23.5 Å². The Kier molecular flexibility index (Phi) is 4.95. The molecule has 1 amide bonds. The van der Waals surface area contributed by atoms with Crippen molar-refractivity contribution in [2.75, 3.05) is 0 Å². The van der Waals surface area contributed by atoms with Crippen LogP contribution in [0.5, 0.6) is 0 Å². The fourth-order valence-corrected chi connectivity index (χ4v) is 3.23. The zero-order valence-electron chi connectivity index (χ0n) is 12.7. The van der Waals surface area contributed by atoms with E-state index in [1.807, 2.05) is 6.92 Å². The van der Waals surface area contributed by atoms with Gasteiger partial charge in [-0.25, -0.2) is 0 Å². The summed E-state index contributed by atoms with van der Waals surface area (Å²) in [6.45, 7) is 2.05. The highest BCUT2D eigenvalue weighted by Crippen LogP contribution is 2.30. The normalized spacial score (nSPS) is 20.5. The molecule has 3 N–H and O–H groups in total. The monoisotopic (exact) mass is 308 g/mol. The molecular weight excluding hydrogens is 284 g/mol. The third-order valence-electron chi connectivity index (χ3n) is 4.92. The number of carbonyl (C=O) groups excluding carboxylic acids is 1. The number of fused-ring (bicyclic) bond motifs is 1. The van der Waals surface area contributed by atoms with Crippen molar-refractivity contribution in [1.29, 1.82) is 0 Å². The fourth-order valence-electron chi connectivity index (χ4n) is 3.23. The minimum absolute atomic E-state index is 0. The highest BCUT2D eigenvalue weighted by Gasteiger charge is 2.40. The molecule has 0 spiro atoms. The molecule has 1 unspecified atom stereocenters. The summed E-state index contributed by atoms with van der Waals surface area (Å²) in [5.74, 6) is 0.00831. The van der Waals surface area contributed by atoms with Crippen LogP contribution < -0.4 is 11.1 Å². The maximum atomic E-state index is 12.2. The van der Waals surface area contributed by atoms with Gasteiger partial charge in [0.25, 0.3) is 0 Å². The molecule has 21 heavy (non-hydrogen) atoms. The van der Waals surface area contributed by atoms with Gasteiger partial charge in [-0.15, -0.1) is 12.4 Å². The zero-order valence-corrected chi connectivity index (χ0v) is 13.5. The molecule has 0 saturated heterocycles. The third kappa shape index (κ3) is 3.24. The van der Waals surface area contributed by atoms with Crippen LogP contribution in [0.1, 0.15) is 61.8 Å². The first kappa shape index (κ1) is 16.3. The highest BCUT2D eigenvalue weighted by molar-refractivity contribution is 5.87. The van der Waals surface area contributed by atoms with Crippen LogP contribution in [0.3, 0.4) is 0 Å². The smallest absolute Gasteiger partial charge is 0.240 e. The quantitative estimate of drug-likeness (QED) is 0.901. The Labute approximate surface area is 133 Å². The van der Waals surface area contributed by atoms with Crippen LogP contribution in [0, 0.1) is 0 Å². The van der Waals surface area contributed by atoms with Crippen molar-refractivity contribution < 1.29 is 4.79 Å². The summed E-state index contributed by atoms with van der Waals surface area (Å²) < 4.78 is 0. The maximum Gasteiger partial charge on any atom is 0.240 e. The zero-order chi connectivity index (χ0) is 14.2. The van der Waals surface area contributed by atoms with E-state index in [1.165, 1.54) is 42.4 Å². The van der Waals surface area contributed by atoms with Crippen molar-refractivity contribution in [2.45, 2.75) is 63.5 Å². The van der Waals surface area contributed by atoms with Crippen LogP contribution in [-0.2, 0) is 17.6 Å². The molecule has 3 rings (SSSR count). The predicted octanol–water partition coefficient (Wildman–Crippen LogP) is 3.05. The van der Waals surface area contributed by atoms with Gasteiger partial charge in [-0.3, -0.25) is 4.79 Å². The summed E-state index contributed by atoms with van der Waals surface area (Å²) >= 11 is 0. The number of amides is 1. The molecule has 0 aliphatic heterocycles. The number of rotatable bonds is 3. The number of hydrogen-bond acceptors (Lipinski definition) is 2. The van der Waals surface area contributed by atoms with E-state index in [9.17, 15) is 4.79 Å². The van der Waals surface area contributed by atoms with E-state index < -0.39 is 5.54 Å². The van der Waals surface area contributed by atoms with Gasteiger partial charge >= 0.3 is 0 Å². The van der Waals surface area contributed by atoms with E-state index in [1.54, 1.807) is 0 Å². The van der Waals surface area contributed by atoms with Gasteiger partial charge in [0.1, 0.15) is 0 Å². The van der Waals surface area contributed by atoms with Gasteiger partial charge in [0, 0.05) is 0 Å². The fraction of sp³-hybridized carbons (Fsp3) is 0.588. The number of nitrogens with two attached hydrogens (primary N) is 1. The van der Waals surface area contributed by atoms with Gasteiger partial charge in [-0.2, -0.15) is 0 Å². The van der Waals surface area contributed by atoms with Gasteiger partial charge in [0.15, 0.2) is 0 Å². The molecule has 1 fully saturated rings. The largest absolute Gasteiger partial charge is 0.348 e. The Morgan fingerprint density at radius 1 is 1.19 bits per heavy atom. The lowest BCUT2D eigenvalue weighted by Gasteiger charge is -2.37. The molecule has 2 aliphatic rings. The molecule has 0 radical (unpaired) electrons. The van der Waals surface area contributed by atoms with Crippen LogP contribution in [-0.4, -0.2) is 11.4 Å². The van der Waals surface area contributed by atoms with Gasteiger partial charge in [0.2, 0.25) is 5.91 Å². The third-order valence-corrected chi connectivity index (χ3v) is 4.92. The van der Waals surface area contributed by atoms with E-state index in [4.69, 9.17) is 5.73 Å². The molecule has 1 saturated carbocycles. The van der Waals surface area contributed by atoms with Gasteiger partial charge in [-0.1, -0.05) is 18.2 Å². The summed E-state index contributed by atoms with van der Waals surface area (Å²) in [5, 5.41) is 3.08. The second kappa shape index (κ2) is 6.37. The number of carbonyl (C=O) groups is 1. The van der Waals surface area contributed by atoms with Gasteiger partial charge < -0.3 is 11.1 Å². The van der Waals surface area contributed by atoms with Gasteiger partial charge in [-0.05, 0) is 68.6 Å². The maximum absolute atomic E-state index is 12.2. The van der Waals surface area contributed by atoms with Crippen molar-refractivity contribution in [3.8, 4) is 0 Å². The summed E-state index contributed by atoms with van der Waals surface area (Å²) in [4.78, 5) is 12.2. The van der Waals surface area contributed by atoms with Crippen molar-refractivity contribution >= 4 is 18.3 Å². The van der Waals surface area contributed by atoms with E-state index >= 15 is 0 Å². The van der Waals surface area contributed by atoms with Crippen LogP contribution >= 0.6 is 12.4 Å². The summed E-state index contributed by atoms with van der Waals surface area (Å²) in [6.07, 6.45) is 7.65. The number of nitrogens with one attached hydrogen (secondary N) is 1. The Hall–Kier alpha value is -1.06. The minimum Gasteiger partial charge on any atom is -0.348 e. The second-order valence-electron chi connectivity index (χ2n) is 6.44. The molecule has 0 heterocycles. The molecule has 0 bridgehead atoms. The Morgan fingerprint density at radius 3 is 2.48 bits per heavy atom. The average Bonchev–Trinajstić information content (AvgIpc) is 2.44. The first-order chi connectivity index (χ1) is 9.58. The highest BCUT2D eigenvalue weighted by atomic mass is 35.5. The molecule has 1 aromatic rings. The van der Waals surface area contributed by atoms with Gasteiger partial charge in [0.05, 0.1) is 11.6 Å². The Bertz CT molecular complexity index is 526. The van der Waals surface area contributed by atoms with Crippen LogP contribution in [0.4, 0.5) is 0 Å². The molecular formula is C17H25ClN2O. The number of benzene rings is 1. The van der Waals surface area contributed by atoms with E-state index in [-0.39, 0.29) is 24.4 Å². The summed E-state index contributed by atoms with van der Waals surface area (Å²) in [5.41, 5.74) is 9.60. The van der Waals surface area contributed by atoms with Crippen molar-refractivity contribution in [1.82, 2.24) is 5.32 Å². The number of aryl methyl sites for hydroxylation is 2. The predicted molar refractivity (Wildman–Crippen MR) is 87.7 cm³/mol. The average molecular weight is 309 g/mol. The molecule has 116 valence electrons.